The highest BCUT2D eigenvalue weighted by molar-refractivity contribution is 14.1. The summed E-state index contributed by atoms with van der Waals surface area (Å²) in [6, 6.07) is 7.87. The molecule has 0 amide bonds. The van der Waals surface area contributed by atoms with E-state index in [1.54, 1.807) is 0 Å². The molecule has 0 fully saturated rings. The van der Waals surface area contributed by atoms with E-state index in [4.69, 9.17) is 5.11 Å². The molecule has 1 aromatic carbocycles. The summed E-state index contributed by atoms with van der Waals surface area (Å²) in [6.07, 6.45) is 0.973. The molecule has 1 N–H and O–H groups in total. The molecule has 0 unspecified atom stereocenters. The zero-order chi connectivity index (χ0) is 12.4. The molecule has 0 saturated heterocycles. The normalized spacial score (nSPS) is 10.5. The molecule has 0 aliphatic carbocycles. The van der Waals surface area contributed by atoms with Gasteiger partial charge in [0.1, 0.15) is 8.45 Å². The van der Waals surface area contributed by atoms with Crippen LogP contribution in [-0.4, -0.2) is 15.4 Å². The van der Waals surface area contributed by atoms with Crippen molar-refractivity contribution in [3.8, 4) is 11.3 Å². The summed E-state index contributed by atoms with van der Waals surface area (Å²) in [5, 5.41) is 9.16. The van der Waals surface area contributed by atoms with Gasteiger partial charge in [-0.1, -0.05) is 31.2 Å². The van der Waals surface area contributed by atoms with Crippen LogP contribution < -0.4 is 0 Å². The molecule has 0 spiro atoms. The van der Waals surface area contributed by atoms with Crippen molar-refractivity contribution in [2.24, 2.45) is 0 Å². The molecule has 3 nitrogen and oxygen atoms in total. The smallest absolute Gasteiger partial charge is 0.339 e. The van der Waals surface area contributed by atoms with Crippen molar-refractivity contribution < 1.29 is 9.90 Å². The van der Waals surface area contributed by atoms with Gasteiger partial charge < -0.3 is 5.11 Å². The van der Waals surface area contributed by atoms with Crippen molar-refractivity contribution in [2.45, 2.75) is 13.3 Å². The lowest BCUT2D eigenvalue weighted by Gasteiger charge is -2.01. The molecule has 5 heteroatoms. The molecule has 17 heavy (non-hydrogen) atoms. The van der Waals surface area contributed by atoms with Crippen molar-refractivity contribution in [1.29, 1.82) is 0 Å². The zero-order valence-electron chi connectivity index (χ0n) is 9.11. The molecule has 0 atom stereocenters. The van der Waals surface area contributed by atoms with Gasteiger partial charge in [0.2, 0.25) is 0 Å². The Bertz CT molecular complexity index is 548. The highest BCUT2D eigenvalue weighted by atomic mass is 127. The fourth-order valence-corrected chi connectivity index (χ4v) is 2.98. The number of hydrogen-bond donors (Lipinski definition) is 1. The molecule has 0 aliphatic heterocycles. The lowest BCUT2D eigenvalue weighted by molar-refractivity contribution is 0.0697. The summed E-state index contributed by atoms with van der Waals surface area (Å²) >= 11 is 3.23. The third kappa shape index (κ3) is 2.50. The van der Waals surface area contributed by atoms with Gasteiger partial charge in [-0.25, -0.2) is 4.79 Å². The van der Waals surface area contributed by atoms with Crippen molar-refractivity contribution in [3.05, 3.63) is 38.3 Å². The SMILES string of the molecule is CCc1ccc(-c2nsc(I)c2C(=O)O)cc1. The first-order chi connectivity index (χ1) is 8.13. The number of aromatic nitrogens is 1. The fraction of sp³-hybridized carbons (Fsp3) is 0.167. The van der Waals surface area contributed by atoms with Gasteiger partial charge in [0.25, 0.3) is 0 Å². The Labute approximate surface area is 117 Å². The van der Waals surface area contributed by atoms with Crippen molar-refractivity contribution in [1.82, 2.24) is 4.37 Å². The quantitative estimate of drug-likeness (QED) is 0.851. The van der Waals surface area contributed by atoms with Crippen LogP contribution in [0.25, 0.3) is 11.3 Å². The van der Waals surface area contributed by atoms with E-state index in [0.717, 1.165) is 12.0 Å². The van der Waals surface area contributed by atoms with Crippen LogP contribution in [0.2, 0.25) is 0 Å². The summed E-state index contributed by atoms with van der Waals surface area (Å²) in [4.78, 5) is 11.2. The Hall–Kier alpha value is -0.950. The monoisotopic (exact) mass is 359 g/mol. The second-order valence-corrected chi connectivity index (χ2v) is 6.12. The summed E-state index contributed by atoms with van der Waals surface area (Å²) in [7, 11) is 0. The molecule has 2 aromatic rings. The minimum absolute atomic E-state index is 0.305. The third-order valence-electron chi connectivity index (χ3n) is 2.50. The number of nitrogens with zero attached hydrogens (tertiary/aromatic N) is 1. The standard InChI is InChI=1S/C12H10INO2S/c1-2-7-3-5-8(6-4-7)10-9(12(15)16)11(13)17-14-10/h3-6H,2H2,1H3,(H,15,16). The number of halogens is 1. The van der Waals surface area contributed by atoms with Crippen LogP contribution in [0.5, 0.6) is 0 Å². The first-order valence-electron chi connectivity index (χ1n) is 5.11. The lowest BCUT2D eigenvalue weighted by atomic mass is 10.1. The van der Waals surface area contributed by atoms with Crippen molar-refractivity contribution in [3.63, 3.8) is 0 Å². The largest absolute Gasteiger partial charge is 0.478 e. The summed E-state index contributed by atoms with van der Waals surface area (Å²) in [6.45, 7) is 2.09. The van der Waals surface area contributed by atoms with E-state index in [-0.39, 0.29) is 0 Å². The molecular formula is C12H10INO2S. The van der Waals surface area contributed by atoms with Gasteiger partial charge >= 0.3 is 5.97 Å². The number of carboxylic acids is 1. The van der Waals surface area contributed by atoms with Crippen molar-refractivity contribution >= 4 is 40.1 Å². The van der Waals surface area contributed by atoms with E-state index in [1.165, 1.54) is 17.1 Å². The Balaban J connectivity index is 2.49. The molecule has 0 bridgehead atoms. The first kappa shape index (κ1) is 12.5. The highest BCUT2D eigenvalue weighted by Crippen LogP contribution is 2.29. The van der Waals surface area contributed by atoms with Gasteiger partial charge in [-0.05, 0) is 46.1 Å². The molecule has 1 heterocycles. The maximum Gasteiger partial charge on any atom is 0.339 e. The topological polar surface area (TPSA) is 50.2 Å². The Morgan fingerprint density at radius 1 is 1.41 bits per heavy atom. The highest BCUT2D eigenvalue weighted by Gasteiger charge is 2.19. The Kier molecular flexibility index (Phi) is 3.78. The molecule has 0 radical (unpaired) electrons. The average Bonchev–Trinajstić information content (AvgIpc) is 2.71. The molecule has 0 aliphatic rings. The minimum Gasteiger partial charge on any atom is -0.478 e. The van der Waals surface area contributed by atoms with Crippen LogP contribution in [0.4, 0.5) is 0 Å². The zero-order valence-corrected chi connectivity index (χ0v) is 12.1. The van der Waals surface area contributed by atoms with Crippen LogP contribution in [0.15, 0.2) is 24.3 Å². The number of aryl methyl sites for hydroxylation is 1. The number of benzene rings is 1. The average molecular weight is 359 g/mol. The van der Waals surface area contributed by atoms with Crippen LogP contribution in [-0.2, 0) is 6.42 Å². The third-order valence-corrected chi connectivity index (χ3v) is 4.27. The van der Waals surface area contributed by atoms with Crippen LogP contribution in [0, 0.1) is 2.88 Å². The number of hydrogen-bond acceptors (Lipinski definition) is 3. The number of rotatable bonds is 3. The minimum atomic E-state index is -0.919. The summed E-state index contributed by atoms with van der Waals surface area (Å²) < 4.78 is 4.93. The Morgan fingerprint density at radius 2 is 2.06 bits per heavy atom. The second kappa shape index (κ2) is 5.14. The number of aromatic carboxylic acids is 1. The van der Waals surface area contributed by atoms with E-state index in [1.807, 2.05) is 46.9 Å². The fourth-order valence-electron chi connectivity index (χ4n) is 1.55. The number of carboxylic acid groups (broad SMARTS) is 1. The molecule has 1 aromatic heterocycles. The van der Waals surface area contributed by atoms with Crippen molar-refractivity contribution in [2.75, 3.05) is 0 Å². The van der Waals surface area contributed by atoms with Crippen LogP contribution in [0.1, 0.15) is 22.8 Å². The first-order valence-corrected chi connectivity index (χ1v) is 6.96. The predicted molar refractivity (Wildman–Crippen MR) is 76.6 cm³/mol. The van der Waals surface area contributed by atoms with E-state index >= 15 is 0 Å². The van der Waals surface area contributed by atoms with Gasteiger partial charge in [-0.15, -0.1) is 0 Å². The van der Waals surface area contributed by atoms with Crippen LogP contribution in [0.3, 0.4) is 0 Å². The van der Waals surface area contributed by atoms with E-state index in [0.29, 0.717) is 14.1 Å². The Morgan fingerprint density at radius 3 is 2.59 bits per heavy atom. The lowest BCUT2D eigenvalue weighted by Crippen LogP contribution is -1.99. The molecule has 0 saturated carbocycles. The summed E-state index contributed by atoms with van der Waals surface area (Å²) in [5.74, 6) is -0.919. The van der Waals surface area contributed by atoms with Gasteiger partial charge in [-0.2, -0.15) is 4.37 Å². The second-order valence-electron chi connectivity index (χ2n) is 3.54. The van der Waals surface area contributed by atoms with Gasteiger partial charge in [0.15, 0.2) is 0 Å². The van der Waals surface area contributed by atoms with Gasteiger partial charge in [0, 0.05) is 5.56 Å². The number of carbonyl (C=O) groups is 1. The van der Waals surface area contributed by atoms with Crippen LogP contribution >= 0.6 is 34.1 Å². The predicted octanol–water partition coefficient (Wildman–Crippen LogP) is 3.68. The van der Waals surface area contributed by atoms with E-state index in [9.17, 15) is 4.79 Å². The molecule has 2 rings (SSSR count). The van der Waals surface area contributed by atoms with E-state index < -0.39 is 5.97 Å². The molecule has 88 valence electrons. The summed E-state index contributed by atoms with van der Waals surface area (Å²) in [5.41, 5.74) is 2.96. The van der Waals surface area contributed by atoms with Gasteiger partial charge in [0.05, 0.1) is 5.69 Å². The van der Waals surface area contributed by atoms with E-state index in [2.05, 4.69) is 11.3 Å². The maximum atomic E-state index is 11.2. The maximum absolute atomic E-state index is 11.2. The van der Waals surface area contributed by atoms with Gasteiger partial charge in [-0.3, -0.25) is 0 Å². The molecular weight excluding hydrogens is 349 g/mol.